The van der Waals surface area contributed by atoms with Crippen LogP contribution < -0.4 is 14.8 Å². The summed E-state index contributed by atoms with van der Waals surface area (Å²) in [4.78, 5) is 0.235. The highest BCUT2D eigenvalue weighted by Crippen LogP contribution is 2.33. The Morgan fingerprint density at radius 2 is 1.89 bits per heavy atom. The molecule has 6 heteroatoms. The molecule has 1 aromatic carbocycles. The Morgan fingerprint density at radius 3 is 2.68 bits per heavy atom. The molecular weight excluding hydrogens is 264 g/mol. The van der Waals surface area contributed by atoms with Gasteiger partial charge in [-0.15, -0.1) is 0 Å². The maximum Gasteiger partial charge on any atom is 0.244 e. The van der Waals surface area contributed by atoms with Crippen molar-refractivity contribution in [2.24, 2.45) is 5.41 Å². The summed E-state index contributed by atoms with van der Waals surface area (Å²) in [5.74, 6) is 0.451. The van der Waals surface area contributed by atoms with Gasteiger partial charge in [0.05, 0.1) is 6.61 Å². The van der Waals surface area contributed by atoms with E-state index in [1.165, 1.54) is 0 Å². The van der Waals surface area contributed by atoms with Crippen molar-refractivity contribution in [3.63, 3.8) is 0 Å². The lowest BCUT2D eigenvalue weighted by Crippen LogP contribution is -2.49. The Kier molecular flexibility index (Phi) is 3.24. The summed E-state index contributed by atoms with van der Waals surface area (Å²) in [6.45, 7) is 2.83. The van der Waals surface area contributed by atoms with Gasteiger partial charge in [0.2, 0.25) is 10.0 Å². The molecule has 2 aliphatic heterocycles. The van der Waals surface area contributed by atoms with Crippen molar-refractivity contribution in [1.29, 1.82) is 0 Å². The van der Waals surface area contributed by atoms with E-state index in [2.05, 4.69) is 10.0 Å². The van der Waals surface area contributed by atoms with E-state index in [9.17, 15) is 8.42 Å². The molecule has 1 saturated heterocycles. The number of sulfonamides is 1. The minimum Gasteiger partial charge on any atom is -0.492 e. The topological polar surface area (TPSA) is 67.4 Å². The number of rotatable bonds is 0. The first-order valence-electron chi connectivity index (χ1n) is 6.54. The number of para-hydroxylation sites is 1. The van der Waals surface area contributed by atoms with Crippen LogP contribution in [-0.2, 0) is 10.0 Å². The zero-order valence-electron chi connectivity index (χ0n) is 10.7. The maximum absolute atomic E-state index is 12.3. The van der Waals surface area contributed by atoms with Gasteiger partial charge in [-0.05, 0) is 38.1 Å². The Labute approximate surface area is 113 Å². The summed E-state index contributed by atoms with van der Waals surface area (Å²) in [6, 6.07) is 6.81. The Balaban J connectivity index is 1.95. The highest BCUT2D eigenvalue weighted by atomic mass is 32.2. The largest absolute Gasteiger partial charge is 0.492 e. The number of piperidine rings is 1. The molecule has 2 aliphatic rings. The van der Waals surface area contributed by atoms with Crippen LogP contribution in [0.4, 0.5) is 0 Å². The molecule has 1 spiro atoms. The minimum absolute atomic E-state index is 0.0914. The average Bonchev–Trinajstić information content (AvgIpc) is 2.44. The van der Waals surface area contributed by atoms with Crippen molar-refractivity contribution in [2.75, 3.05) is 26.2 Å². The summed E-state index contributed by atoms with van der Waals surface area (Å²) in [7, 11) is -3.47. The average molecular weight is 282 g/mol. The summed E-state index contributed by atoms with van der Waals surface area (Å²) < 4.78 is 33.1. The van der Waals surface area contributed by atoms with Gasteiger partial charge in [0.25, 0.3) is 0 Å². The first kappa shape index (κ1) is 12.9. The predicted molar refractivity (Wildman–Crippen MR) is 71.7 cm³/mol. The third-order valence-corrected chi connectivity index (χ3v) is 5.41. The second-order valence-electron chi connectivity index (χ2n) is 5.31. The van der Waals surface area contributed by atoms with Gasteiger partial charge in [-0.2, -0.15) is 0 Å². The third kappa shape index (κ3) is 2.48. The van der Waals surface area contributed by atoms with E-state index in [-0.39, 0.29) is 10.3 Å². The fourth-order valence-corrected chi connectivity index (χ4v) is 3.98. The Hall–Kier alpha value is -1.11. The van der Waals surface area contributed by atoms with E-state index < -0.39 is 10.0 Å². The molecule has 0 atom stereocenters. The SMILES string of the molecule is O=S1(=O)NCC2(CCNCC2)COc2ccccc21. The quantitative estimate of drug-likeness (QED) is 0.736. The fourth-order valence-electron chi connectivity index (χ4n) is 2.68. The van der Waals surface area contributed by atoms with Gasteiger partial charge in [0.1, 0.15) is 10.6 Å². The Bertz CT molecular complexity index is 565. The molecule has 1 aromatic rings. The molecule has 5 nitrogen and oxygen atoms in total. The van der Waals surface area contributed by atoms with Crippen LogP contribution in [0.3, 0.4) is 0 Å². The molecule has 2 N–H and O–H groups in total. The van der Waals surface area contributed by atoms with Crippen LogP contribution in [0, 0.1) is 5.41 Å². The fraction of sp³-hybridized carbons (Fsp3) is 0.538. The lowest BCUT2D eigenvalue weighted by molar-refractivity contribution is 0.104. The van der Waals surface area contributed by atoms with Crippen molar-refractivity contribution in [2.45, 2.75) is 17.7 Å². The van der Waals surface area contributed by atoms with Crippen LogP contribution in [0.15, 0.2) is 29.2 Å². The molecule has 3 rings (SSSR count). The van der Waals surface area contributed by atoms with E-state index in [0.29, 0.717) is 18.9 Å². The van der Waals surface area contributed by atoms with E-state index >= 15 is 0 Å². The second-order valence-corrected chi connectivity index (χ2v) is 7.05. The van der Waals surface area contributed by atoms with Crippen LogP contribution in [0.2, 0.25) is 0 Å². The molecule has 0 saturated carbocycles. The van der Waals surface area contributed by atoms with Gasteiger partial charge in [0, 0.05) is 12.0 Å². The highest BCUT2D eigenvalue weighted by Gasteiger charge is 2.37. The van der Waals surface area contributed by atoms with Gasteiger partial charge in [0.15, 0.2) is 0 Å². The van der Waals surface area contributed by atoms with Gasteiger partial charge in [-0.3, -0.25) is 0 Å². The molecule has 1 fully saturated rings. The normalized spacial score (nSPS) is 24.8. The van der Waals surface area contributed by atoms with Crippen LogP contribution in [0.25, 0.3) is 0 Å². The summed E-state index contributed by atoms with van der Waals surface area (Å²) in [5.41, 5.74) is -0.0914. The first-order valence-corrected chi connectivity index (χ1v) is 8.02. The van der Waals surface area contributed by atoms with E-state index in [4.69, 9.17) is 4.74 Å². The van der Waals surface area contributed by atoms with Crippen LogP contribution in [0.5, 0.6) is 5.75 Å². The third-order valence-electron chi connectivity index (χ3n) is 3.97. The van der Waals surface area contributed by atoms with Crippen molar-refractivity contribution < 1.29 is 13.2 Å². The smallest absolute Gasteiger partial charge is 0.244 e. The zero-order chi connectivity index (χ0) is 13.3. The van der Waals surface area contributed by atoms with E-state index in [1.807, 2.05) is 0 Å². The van der Waals surface area contributed by atoms with Crippen molar-refractivity contribution in [1.82, 2.24) is 10.0 Å². The Morgan fingerprint density at radius 1 is 1.16 bits per heavy atom. The van der Waals surface area contributed by atoms with Gasteiger partial charge in [-0.25, -0.2) is 13.1 Å². The van der Waals surface area contributed by atoms with Gasteiger partial charge >= 0.3 is 0 Å². The van der Waals surface area contributed by atoms with Crippen LogP contribution in [0.1, 0.15) is 12.8 Å². The molecule has 0 aliphatic carbocycles. The molecule has 0 radical (unpaired) electrons. The molecule has 0 amide bonds. The molecule has 0 aromatic heterocycles. The van der Waals surface area contributed by atoms with E-state index in [1.54, 1.807) is 24.3 Å². The summed E-state index contributed by atoms with van der Waals surface area (Å²) in [6.07, 6.45) is 1.86. The minimum atomic E-state index is -3.47. The molecule has 104 valence electrons. The predicted octanol–water partition coefficient (Wildman–Crippen LogP) is 0.727. The monoisotopic (exact) mass is 282 g/mol. The van der Waals surface area contributed by atoms with E-state index in [0.717, 1.165) is 25.9 Å². The maximum atomic E-state index is 12.3. The summed E-state index contributed by atoms with van der Waals surface area (Å²) >= 11 is 0. The lowest BCUT2D eigenvalue weighted by Gasteiger charge is -2.38. The zero-order valence-corrected chi connectivity index (χ0v) is 11.5. The summed E-state index contributed by atoms with van der Waals surface area (Å²) in [5, 5.41) is 3.30. The second kappa shape index (κ2) is 4.77. The number of hydrogen-bond acceptors (Lipinski definition) is 4. The van der Waals surface area contributed by atoms with Crippen molar-refractivity contribution in [3.8, 4) is 5.75 Å². The standard InChI is InChI=1S/C13H18N2O3S/c16-19(17)12-4-2-1-3-11(12)18-10-13(9-15-19)5-7-14-8-6-13/h1-4,14-15H,5-10H2. The first-order chi connectivity index (χ1) is 9.11. The molecule has 19 heavy (non-hydrogen) atoms. The van der Waals surface area contributed by atoms with Crippen LogP contribution >= 0.6 is 0 Å². The number of benzene rings is 1. The molecule has 0 bridgehead atoms. The molecular formula is C13H18N2O3S. The molecule has 2 heterocycles. The molecule has 0 unspecified atom stereocenters. The van der Waals surface area contributed by atoms with Crippen molar-refractivity contribution in [3.05, 3.63) is 24.3 Å². The van der Waals surface area contributed by atoms with Crippen molar-refractivity contribution >= 4 is 10.0 Å². The lowest BCUT2D eigenvalue weighted by atomic mass is 9.80. The van der Waals surface area contributed by atoms with Gasteiger partial charge < -0.3 is 10.1 Å². The number of ether oxygens (including phenoxy) is 1. The number of hydrogen-bond donors (Lipinski definition) is 2. The van der Waals surface area contributed by atoms with Crippen LogP contribution in [-0.4, -0.2) is 34.7 Å². The number of fused-ring (bicyclic) bond motifs is 1. The number of nitrogens with one attached hydrogen (secondary N) is 2. The van der Waals surface area contributed by atoms with Gasteiger partial charge in [-0.1, -0.05) is 12.1 Å². The highest BCUT2D eigenvalue weighted by molar-refractivity contribution is 7.89.